The zero-order chi connectivity index (χ0) is 15.6. The van der Waals surface area contributed by atoms with E-state index in [-0.39, 0.29) is 36.2 Å². The zero-order valence-electron chi connectivity index (χ0n) is 12.6. The van der Waals surface area contributed by atoms with Crippen molar-refractivity contribution in [3.8, 4) is 0 Å². The van der Waals surface area contributed by atoms with Crippen molar-refractivity contribution < 1.29 is 53.0 Å². The number of rotatable bonds is 5. The maximum absolute atomic E-state index is 11.7. The largest absolute Gasteiger partial charge is 1.00 e. The Bertz CT molecular complexity index is 673. The average Bonchev–Trinajstić information content (AvgIpc) is 2.89. The number of aromatic amines is 1. The molecule has 0 saturated carbocycles. The molecule has 1 aromatic rings. The molecule has 0 spiro atoms. The molecule has 9 nitrogen and oxygen atoms in total. The fourth-order valence-corrected chi connectivity index (χ4v) is 2.44. The third-order valence-corrected chi connectivity index (χ3v) is 4.16. The zero-order valence-corrected chi connectivity index (χ0v) is 15.5. The molecule has 1 fully saturated rings. The summed E-state index contributed by atoms with van der Waals surface area (Å²) in [5.74, 6) is 0. The second kappa shape index (κ2) is 8.03. The van der Waals surface area contributed by atoms with Crippen LogP contribution in [0.1, 0.15) is 18.2 Å². The minimum Gasteiger partial charge on any atom is -0.777 e. The molecule has 118 valence electrons. The maximum Gasteiger partial charge on any atom is 1.00 e. The molecule has 0 aliphatic carbocycles. The van der Waals surface area contributed by atoms with Gasteiger partial charge in [-0.05, 0) is 6.92 Å². The van der Waals surface area contributed by atoms with Crippen molar-refractivity contribution in [2.24, 2.45) is 0 Å². The molecule has 1 aromatic heterocycles. The van der Waals surface area contributed by atoms with E-state index in [1.165, 1.54) is 10.8 Å². The van der Waals surface area contributed by atoms with E-state index in [1.54, 1.807) is 6.92 Å². The Kier molecular flexibility index (Phi) is 7.22. The molecule has 0 bridgehead atoms. The molecule has 0 aromatic carbocycles. The number of aromatic nitrogens is 2. The van der Waals surface area contributed by atoms with Crippen molar-refractivity contribution in [2.45, 2.75) is 25.7 Å². The monoisotopic (exact) mass is 342 g/mol. The fraction of sp³-hybridized carbons (Fsp3) is 0.636. The van der Waals surface area contributed by atoms with Gasteiger partial charge in [0.15, 0.2) is 7.60 Å². The van der Waals surface area contributed by atoms with Crippen LogP contribution in [0.4, 0.5) is 0 Å². The Labute approximate surface area is 148 Å². The van der Waals surface area contributed by atoms with Crippen molar-refractivity contribution in [1.82, 2.24) is 9.55 Å². The first kappa shape index (κ1) is 19.8. The van der Waals surface area contributed by atoms with Gasteiger partial charge in [0.2, 0.25) is 0 Å². The summed E-state index contributed by atoms with van der Waals surface area (Å²) in [7, 11) is -2.92. The van der Waals surface area contributed by atoms with Crippen molar-refractivity contribution in [3.05, 3.63) is 32.6 Å². The van der Waals surface area contributed by atoms with Gasteiger partial charge in [0.05, 0.1) is 12.7 Å². The summed E-state index contributed by atoms with van der Waals surface area (Å²) < 4.78 is 27.3. The molecular weight excluding hydrogens is 326 g/mol. The Balaban J connectivity index is 0.00000242. The smallest absolute Gasteiger partial charge is 0.777 e. The third-order valence-electron chi connectivity index (χ3n) is 3.14. The molecule has 0 radical (unpaired) electrons. The molecule has 0 amide bonds. The van der Waals surface area contributed by atoms with E-state index < -0.39 is 37.5 Å². The number of hydrogen-bond donors (Lipinski definition) is 1. The van der Waals surface area contributed by atoms with E-state index in [0.717, 1.165) is 7.11 Å². The van der Waals surface area contributed by atoms with Crippen LogP contribution in [-0.4, -0.2) is 35.7 Å². The normalized spacial score (nSPS) is 23.8. The van der Waals surface area contributed by atoms with E-state index in [1.807, 2.05) is 0 Å². The summed E-state index contributed by atoms with van der Waals surface area (Å²) in [4.78, 5) is 36.4. The number of nitrogens with zero attached hydrogens (tertiary/aromatic N) is 1. The quantitative estimate of drug-likeness (QED) is 0.432. The molecule has 11 heteroatoms. The van der Waals surface area contributed by atoms with Gasteiger partial charge < -0.3 is 23.5 Å². The van der Waals surface area contributed by atoms with Crippen LogP contribution < -0.4 is 45.7 Å². The SMILES string of the molecule is COP(=O)([O-])COC1COC(n2cc(C)c(=O)[nH]c2=O)C1.[Na+]. The van der Waals surface area contributed by atoms with Crippen molar-refractivity contribution in [2.75, 3.05) is 20.1 Å². The van der Waals surface area contributed by atoms with Crippen molar-refractivity contribution >= 4 is 7.60 Å². The molecule has 1 N–H and O–H groups in total. The van der Waals surface area contributed by atoms with Gasteiger partial charge in [-0.15, -0.1) is 0 Å². The maximum atomic E-state index is 11.7. The fourth-order valence-electron chi connectivity index (χ4n) is 1.94. The summed E-state index contributed by atoms with van der Waals surface area (Å²) in [6.07, 6.45) is 0.0824. The van der Waals surface area contributed by atoms with E-state index in [0.29, 0.717) is 12.0 Å². The predicted molar refractivity (Wildman–Crippen MR) is 70.0 cm³/mol. The van der Waals surface area contributed by atoms with Crippen molar-refractivity contribution in [1.29, 1.82) is 0 Å². The Morgan fingerprint density at radius 3 is 2.86 bits per heavy atom. The van der Waals surface area contributed by atoms with Crippen LogP contribution >= 0.6 is 7.60 Å². The summed E-state index contributed by atoms with van der Waals surface area (Å²) in [5.41, 5.74) is -0.650. The minimum absolute atomic E-state index is 0. The van der Waals surface area contributed by atoms with Crippen LogP contribution in [0.25, 0.3) is 0 Å². The number of ether oxygens (including phenoxy) is 2. The van der Waals surface area contributed by atoms with Crippen molar-refractivity contribution in [3.63, 3.8) is 0 Å². The first-order valence-electron chi connectivity index (χ1n) is 6.23. The molecule has 22 heavy (non-hydrogen) atoms. The number of hydrogen-bond acceptors (Lipinski definition) is 7. The van der Waals surface area contributed by atoms with E-state index in [4.69, 9.17) is 9.47 Å². The summed E-state index contributed by atoms with van der Waals surface area (Å²) in [6.45, 7) is 1.73. The molecule has 1 saturated heterocycles. The Morgan fingerprint density at radius 1 is 1.55 bits per heavy atom. The van der Waals surface area contributed by atoms with Gasteiger partial charge in [-0.1, -0.05) is 0 Å². The van der Waals surface area contributed by atoms with Crippen LogP contribution in [0.5, 0.6) is 0 Å². The molecular formula is C11H16N2NaO7P. The number of H-pyrrole nitrogens is 1. The molecule has 1 aliphatic rings. The predicted octanol–water partition coefficient (Wildman–Crippen LogP) is -3.69. The first-order chi connectivity index (χ1) is 9.82. The molecule has 3 unspecified atom stereocenters. The summed E-state index contributed by atoms with van der Waals surface area (Å²) in [5, 5.41) is 0. The van der Waals surface area contributed by atoms with Gasteiger partial charge in [-0.2, -0.15) is 0 Å². The van der Waals surface area contributed by atoms with Gasteiger partial charge in [0, 0.05) is 25.3 Å². The minimum atomic E-state index is -3.99. The van der Waals surface area contributed by atoms with Gasteiger partial charge in [-0.25, -0.2) is 4.79 Å². The van der Waals surface area contributed by atoms with Crippen LogP contribution in [0.3, 0.4) is 0 Å². The van der Waals surface area contributed by atoms with Crippen LogP contribution in [0.15, 0.2) is 15.8 Å². The van der Waals surface area contributed by atoms with E-state index in [9.17, 15) is 19.0 Å². The Hall–Kier alpha value is -0.250. The van der Waals surface area contributed by atoms with Gasteiger partial charge >= 0.3 is 35.2 Å². The Morgan fingerprint density at radius 2 is 2.23 bits per heavy atom. The van der Waals surface area contributed by atoms with Crippen LogP contribution in [-0.2, 0) is 18.6 Å². The first-order valence-corrected chi connectivity index (χ1v) is 7.96. The summed E-state index contributed by atoms with van der Waals surface area (Å²) >= 11 is 0. The van der Waals surface area contributed by atoms with Gasteiger partial charge in [-0.3, -0.25) is 14.3 Å². The van der Waals surface area contributed by atoms with Gasteiger partial charge in [0.1, 0.15) is 12.6 Å². The second-order valence-corrected chi connectivity index (χ2v) is 6.56. The molecule has 3 atom stereocenters. The standard InChI is InChI=1S/C11H17N2O7P.Na/c1-7-4-13(11(15)12-10(7)14)9-3-8(5-19-9)20-6-21(16,17)18-2;/h4,8-9H,3,5-6H2,1-2H3,(H,16,17)(H,12,14,15);/q;+1/p-1. The topological polar surface area (TPSA) is 123 Å². The average molecular weight is 342 g/mol. The molecule has 2 rings (SSSR count). The number of aryl methyl sites for hydroxylation is 1. The third kappa shape index (κ3) is 4.87. The van der Waals surface area contributed by atoms with Gasteiger partial charge in [0.25, 0.3) is 5.56 Å². The second-order valence-electron chi connectivity index (χ2n) is 4.71. The summed E-state index contributed by atoms with van der Waals surface area (Å²) in [6, 6.07) is 0. The number of nitrogens with one attached hydrogen (secondary N) is 1. The van der Waals surface area contributed by atoms with Crippen LogP contribution in [0.2, 0.25) is 0 Å². The van der Waals surface area contributed by atoms with E-state index in [2.05, 4.69) is 9.51 Å². The van der Waals surface area contributed by atoms with E-state index >= 15 is 0 Å². The molecule has 1 aliphatic heterocycles. The molecule has 2 heterocycles. The van der Waals surface area contributed by atoms with Crippen LogP contribution in [0, 0.1) is 6.92 Å².